The van der Waals surface area contributed by atoms with Crippen LogP contribution in [0.2, 0.25) is 0 Å². The van der Waals surface area contributed by atoms with Gasteiger partial charge in [0.15, 0.2) is 0 Å². The van der Waals surface area contributed by atoms with E-state index in [4.69, 9.17) is 4.98 Å². The number of hydrogen-bond donors (Lipinski definition) is 1. The Hall–Kier alpha value is -1.91. The standard InChI is InChI=1S/C16H23N5/c1-3-14-9-16(20-15(4-2)19-14)21-7-5-12(6-8-21)13-10-17-18-11-13/h9-12H,3-8H2,1-2H3,(H,17,18). The molecule has 1 aliphatic heterocycles. The van der Waals surface area contributed by atoms with Crippen LogP contribution in [0, 0.1) is 0 Å². The smallest absolute Gasteiger partial charge is 0.132 e. The molecule has 21 heavy (non-hydrogen) atoms. The van der Waals surface area contributed by atoms with E-state index in [1.807, 2.05) is 12.4 Å². The van der Waals surface area contributed by atoms with Gasteiger partial charge in [0.1, 0.15) is 11.6 Å². The molecular formula is C16H23N5. The van der Waals surface area contributed by atoms with Crippen LogP contribution in [0.5, 0.6) is 0 Å². The highest BCUT2D eigenvalue weighted by Crippen LogP contribution is 2.29. The summed E-state index contributed by atoms with van der Waals surface area (Å²) in [6.45, 7) is 6.37. The number of nitrogens with zero attached hydrogens (tertiary/aromatic N) is 4. The first-order valence-electron chi connectivity index (χ1n) is 7.90. The molecule has 5 nitrogen and oxygen atoms in total. The van der Waals surface area contributed by atoms with Crippen molar-refractivity contribution in [3.05, 3.63) is 35.5 Å². The third-order valence-electron chi connectivity index (χ3n) is 4.30. The van der Waals surface area contributed by atoms with Crippen molar-refractivity contribution in [3.8, 4) is 0 Å². The summed E-state index contributed by atoms with van der Waals surface area (Å²) in [6.07, 6.45) is 8.16. The second kappa shape index (κ2) is 6.24. The summed E-state index contributed by atoms with van der Waals surface area (Å²) >= 11 is 0. The molecule has 0 amide bonds. The van der Waals surface area contributed by atoms with Gasteiger partial charge in [-0.25, -0.2) is 9.97 Å². The number of aryl methyl sites for hydroxylation is 2. The van der Waals surface area contributed by atoms with E-state index < -0.39 is 0 Å². The SMILES string of the molecule is CCc1cc(N2CCC(c3cn[nH]c3)CC2)nc(CC)n1. The quantitative estimate of drug-likeness (QED) is 0.938. The molecule has 0 radical (unpaired) electrons. The second-order valence-electron chi connectivity index (χ2n) is 5.63. The summed E-state index contributed by atoms with van der Waals surface area (Å²) in [5, 5.41) is 6.98. The van der Waals surface area contributed by atoms with E-state index >= 15 is 0 Å². The first-order valence-corrected chi connectivity index (χ1v) is 7.90. The van der Waals surface area contributed by atoms with Crippen molar-refractivity contribution in [2.24, 2.45) is 0 Å². The van der Waals surface area contributed by atoms with Crippen LogP contribution in [0.3, 0.4) is 0 Å². The van der Waals surface area contributed by atoms with Gasteiger partial charge >= 0.3 is 0 Å². The van der Waals surface area contributed by atoms with Crippen molar-refractivity contribution in [1.82, 2.24) is 20.2 Å². The first-order chi connectivity index (χ1) is 10.3. The molecule has 0 atom stereocenters. The fraction of sp³-hybridized carbons (Fsp3) is 0.562. The minimum atomic E-state index is 0.623. The van der Waals surface area contributed by atoms with Crippen molar-refractivity contribution in [2.75, 3.05) is 18.0 Å². The van der Waals surface area contributed by atoms with Gasteiger partial charge in [-0.15, -0.1) is 0 Å². The van der Waals surface area contributed by atoms with Crippen LogP contribution in [0.4, 0.5) is 5.82 Å². The van der Waals surface area contributed by atoms with E-state index in [2.05, 4.69) is 40.0 Å². The van der Waals surface area contributed by atoms with Crippen LogP contribution in [-0.4, -0.2) is 33.3 Å². The molecule has 0 aliphatic carbocycles. The minimum Gasteiger partial charge on any atom is -0.356 e. The van der Waals surface area contributed by atoms with Crippen LogP contribution >= 0.6 is 0 Å². The summed E-state index contributed by atoms with van der Waals surface area (Å²) in [5.74, 6) is 2.68. The zero-order valence-electron chi connectivity index (χ0n) is 12.8. The Bertz CT molecular complexity index is 548. The second-order valence-corrected chi connectivity index (χ2v) is 5.63. The zero-order chi connectivity index (χ0) is 14.7. The molecule has 0 aromatic carbocycles. The molecule has 1 N–H and O–H groups in total. The maximum Gasteiger partial charge on any atom is 0.132 e. The Balaban J connectivity index is 1.71. The van der Waals surface area contributed by atoms with Crippen LogP contribution in [0.25, 0.3) is 0 Å². The fourth-order valence-corrected chi connectivity index (χ4v) is 2.96. The van der Waals surface area contributed by atoms with Crippen molar-refractivity contribution >= 4 is 5.82 Å². The molecule has 112 valence electrons. The number of nitrogens with one attached hydrogen (secondary N) is 1. The molecule has 0 bridgehead atoms. The van der Waals surface area contributed by atoms with Gasteiger partial charge in [0.25, 0.3) is 0 Å². The highest BCUT2D eigenvalue weighted by atomic mass is 15.2. The van der Waals surface area contributed by atoms with Crippen LogP contribution < -0.4 is 4.90 Å². The summed E-state index contributed by atoms with van der Waals surface area (Å²) < 4.78 is 0. The van der Waals surface area contributed by atoms with E-state index in [9.17, 15) is 0 Å². The maximum atomic E-state index is 4.71. The molecule has 1 saturated heterocycles. The number of rotatable bonds is 4. The molecule has 3 heterocycles. The van der Waals surface area contributed by atoms with Gasteiger partial charge in [-0.05, 0) is 30.7 Å². The average Bonchev–Trinajstić information content (AvgIpc) is 3.09. The Kier molecular flexibility index (Phi) is 4.18. The zero-order valence-corrected chi connectivity index (χ0v) is 12.8. The highest BCUT2D eigenvalue weighted by Gasteiger charge is 2.22. The number of aromatic nitrogens is 4. The third-order valence-corrected chi connectivity index (χ3v) is 4.30. The lowest BCUT2D eigenvalue weighted by Gasteiger charge is -2.32. The van der Waals surface area contributed by atoms with Gasteiger partial charge in [-0.2, -0.15) is 5.10 Å². The largest absolute Gasteiger partial charge is 0.356 e. The molecule has 0 unspecified atom stereocenters. The topological polar surface area (TPSA) is 57.7 Å². The number of piperidine rings is 1. The molecular weight excluding hydrogens is 262 g/mol. The lowest BCUT2D eigenvalue weighted by atomic mass is 9.91. The Morgan fingerprint density at radius 1 is 1.19 bits per heavy atom. The number of anilines is 1. The van der Waals surface area contributed by atoms with Gasteiger partial charge in [0, 0.05) is 37.5 Å². The molecule has 2 aromatic rings. The van der Waals surface area contributed by atoms with Crippen molar-refractivity contribution in [3.63, 3.8) is 0 Å². The third kappa shape index (κ3) is 3.06. The predicted octanol–water partition coefficient (Wildman–Crippen LogP) is 2.71. The fourth-order valence-electron chi connectivity index (χ4n) is 2.96. The monoisotopic (exact) mass is 285 g/mol. The van der Waals surface area contributed by atoms with Gasteiger partial charge in [0.05, 0.1) is 6.20 Å². The van der Waals surface area contributed by atoms with Crippen molar-refractivity contribution < 1.29 is 0 Å². The van der Waals surface area contributed by atoms with Gasteiger partial charge in [-0.1, -0.05) is 13.8 Å². The Morgan fingerprint density at radius 3 is 2.62 bits per heavy atom. The van der Waals surface area contributed by atoms with Gasteiger partial charge in [0.2, 0.25) is 0 Å². The maximum absolute atomic E-state index is 4.71. The molecule has 2 aromatic heterocycles. The Morgan fingerprint density at radius 2 is 2.00 bits per heavy atom. The van der Waals surface area contributed by atoms with Gasteiger partial charge in [-0.3, -0.25) is 5.10 Å². The molecule has 1 fully saturated rings. The summed E-state index contributed by atoms with van der Waals surface area (Å²) in [5.41, 5.74) is 2.48. The molecule has 5 heteroatoms. The highest BCUT2D eigenvalue weighted by molar-refractivity contribution is 5.41. The molecule has 3 rings (SSSR count). The summed E-state index contributed by atoms with van der Waals surface area (Å²) in [6, 6.07) is 2.15. The first kappa shape index (κ1) is 14.0. The minimum absolute atomic E-state index is 0.623. The number of H-pyrrole nitrogens is 1. The van der Waals surface area contributed by atoms with Crippen molar-refractivity contribution in [1.29, 1.82) is 0 Å². The van der Waals surface area contributed by atoms with Crippen LogP contribution in [0.15, 0.2) is 18.5 Å². The number of hydrogen-bond acceptors (Lipinski definition) is 4. The Labute approximate surface area is 125 Å². The average molecular weight is 285 g/mol. The lowest BCUT2D eigenvalue weighted by Crippen LogP contribution is -2.33. The molecule has 0 spiro atoms. The summed E-state index contributed by atoms with van der Waals surface area (Å²) in [4.78, 5) is 11.7. The van der Waals surface area contributed by atoms with Gasteiger partial charge < -0.3 is 4.90 Å². The lowest BCUT2D eigenvalue weighted by molar-refractivity contribution is 0.502. The van der Waals surface area contributed by atoms with E-state index in [1.54, 1.807) is 0 Å². The molecule has 0 saturated carbocycles. The van der Waals surface area contributed by atoms with Crippen LogP contribution in [-0.2, 0) is 12.8 Å². The summed E-state index contributed by atoms with van der Waals surface area (Å²) in [7, 11) is 0. The normalized spacial score (nSPS) is 16.4. The van der Waals surface area contributed by atoms with Crippen molar-refractivity contribution in [2.45, 2.75) is 45.4 Å². The number of aromatic amines is 1. The van der Waals surface area contributed by atoms with Crippen LogP contribution in [0.1, 0.15) is 49.7 Å². The van der Waals surface area contributed by atoms with E-state index in [-0.39, 0.29) is 0 Å². The predicted molar refractivity (Wildman–Crippen MR) is 83.6 cm³/mol. The van der Waals surface area contributed by atoms with E-state index in [0.717, 1.165) is 56.1 Å². The van der Waals surface area contributed by atoms with E-state index in [1.165, 1.54) is 5.56 Å². The van der Waals surface area contributed by atoms with E-state index in [0.29, 0.717) is 5.92 Å². The molecule has 1 aliphatic rings.